The fourth-order valence-corrected chi connectivity index (χ4v) is 14.5. The number of nitrogens with one attached hydrogen (secondary N) is 17. The third kappa shape index (κ3) is 25.9. The van der Waals surface area contributed by atoms with Crippen molar-refractivity contribution in [2.45, 2.75) is 45.4 Å². The molecule has 730 valence electrons. The SMILES string of the molecule is CC(=O)Nc1cc(C(=O)Nc2cc(C(=O)Nc3cc(C(=O)Nc4cn(C)c(C(=O)Nc5cn(C)c(C(=O)NCCC(=O)Nc6cn(C)c(C(=O)NCCCC(=O)Nc7cc(C(=O)Nc8cc(C(=O)Nc9cc(C(=O)NCCC(=O)Nc%10cc(C(=O)Nc%11cn(C)c(C(=O)Nc%12cc(C(=O)NCCC(=O)NCCCN(C)C)n(C)c%12)n%11)n(C)c%10)n(C)c9)n(C)c8)n(C)c7)n6)n5)n4)n(C)c3)n(C)c2)n(C)c1. The summed E-state index contributed by atoms with van der Waals surface area (Å²) in [5, 5.41) is 45.8. The van der Waals surface area contributed by atoms with E-state index in [1.54, 1.807) is 86.6 Å². The number of carbonyl (C=O) groups excluding carboxylic acids is 17. The van der Waals surface area contributed by atoms with Gasteiger partial charge in [-0.15, -0.1) is 0 Å². The molecule has 12 heterocycles. The summed E-state index contributed by atoms with van der Waals surface area (Å²) in [4.78, 5) is 242. The molecule has 12 aromatic rings. The summed E-state index contributed by atoms with van der Waals surface area (Å²) in [6.45, 7) is 2.61. The molecule has 12 rings (SSSR count). The van der Waals surface area contributed by atoms with E-state index in [9.17, 15) is 81.5 Å². The number of carbonyl (C=O) groups is 17. The Morgan fingerprint density at radius 2 is 0.460 bits per heavy atom. The highest BCUT2D eigenvalue weighted by molar-refractivity contribution is 6.12. The number of nitrogens with zero attached hydrogens (tertiary/aromatic N) is 17. The Hall–Kier alpha value is -18.0. The summed E-state index contributed by atoms with van der Waals surface area (Å²) in [6, 6.07) is 11.7. The maximum atomic E-state index is 13.6. The van der Waals surface area contributed by atoms with E-state index < -0.39 is 88.6 Å². The molecule has 17 N–H and O–H groups in total. The predicted molar refractivity (Wildman–Crippen MR) is 509 cm³/mol. The van der Waals surface area contributed by atoms with Gasteiger partial charge in [0, 0.05) is 224 Å². The van der Waals surface area contributed by atoms with E-state index in [2.05, 4.69) is 110 Å². The number of rotatable bonds is 41. The number of imidazole rings is 4. The molecule has 17 amide bonds. The lowest BCUT2D eigenvalue weighted by atomic mass is 10.3. The average molecular weight is 1910 g/mol. The summed E-state index contributed by atoms with van der Waals surface area (Å²) in [6.07, 6.45) is 18.5. The van der Waals surface area contributed by atoms with Gasteiger partial charge in [-0.05, 0) is 82.0 Å². The van der Waals surface area contributed by atoms with Crippen molar-refractivity contribution < 1.29 is 81.5 Å². The zero-order valence-corrected chi connectivity index (χ0v) is 78.6. The van der Waals surface area contributed by atoms with Crippen molar-refractivity contribution in [2.75, 3.05) is 117 Å². The van der Waals surface area contributed by atoms with Crippen molar-refractivity contribution >= 4 is 169 Å². The molecule has 0 aliphatic rings. The van der Waals surface area contributed by atoms with Crippen LogP contribution in [0.3, 0.4) is 0 Å². The molecule has 0 aliphatic heterocycles. The highest BCUT2D eigenvalue weighted by atomic mass is 16.2. The van der Waals surface area contributed by atoms with Gasteiger partial charge in [0.25, 0.3) is 70.9 Å². The Labute approximate surface area is 792 Å². The van der Waals surface area contributed by atoms with E-state index in [0.717, 1.165) is 13.0 Å². The maximum Gasteiger partial charge on any atom is 0.292 e. The molecule has 0 radical (unpaired) electrons. The number of amides is 17. The van der Waals surface area contributed by atoms with Gasteiger partial charge in [0.05, 0.1) is 45.5 Å². The van der Waals surface area contributed by atoms with Gasteiger partial charge in [-0.25, -0.2) is 19.9 Å². The van der Waals surface area contributed by atoms with E-state index in [1.807, 2.05) is 19.0 Å². The van der Waals surface area contributed by atoms with Gasteiger partial charge in [-0.2, -0.15) is 0 Å². The third-order valence-electron chi connectivity index (χ3n) is 21.3. The Bertz CT molecular complexity index is 6820. The van der Waals surface area contributed by atoms with Crippen LogP contribution >= 0.6 is 0 Å². The second-order valence-electron chi connectivity index (χ2n) is 32.9. The van der Waals surface area contributed by atoms with Gasteiger partial charge in [0.2, 0.25) is 52.8 Å². The van der Waals surface area contributed by atoms with Crippen LogP contribution in [0.15, 0.2) is 123 Å². The lowest BCUT2D eigenvalue weighted by molar-refractivity contribution is -0.121. The summed E-state index contributed by atoms with van der Waals surface area (Å²) >= 11 is 0. The first-order valence-electron chi connectivity index (χ1n) is 43.1. The standard InChI is InChI=1S/C88H106N34O17/c1-48(123)94-49-28-59(113(6)36-49)79(130)98-53-33-62(117(10)40-53)82(133)100-55-35-64(118(11)42-55)84(135)108-67-46-122(15)76(106-67)88(139)109-68-47-120(13)74(104-68)86(137)93-26-21-72(127)102-65-44-119(12)73(103-65)85(136)90-22-16-18-70(125)95-50-29-60(114(7)37-50)80(131)99-54-34-61(116(9)41-54)81(132)97-52-31-57(111(4)39-52)78(129)92-25-20-71(126)96-51-30-63(115(8)38-51)83(134)107-66-45-121(14)75(105-66)87(138)101-56-32-58(112(5)43-56)77(128)91-24-19-69(124)89-23-17-27-110(2)3/h28-47H,16-27H2,1-15H3,(H,89,124)(H,90,136)(H,91,128)(H,92,129)(H,93,137)(H,94,123)(H,95,125)(H,96,126)(H,97,132)(H,98,130)(H,99,131)(H,100,133)(H,101,138)(H,102,127)(H,107,134)(H,108,135)(H,109,139). The Balaban J connectivity index is 0.512. The Morgan fingerprint density at radius 3 is 0.784 bits per heavy atom. The van der Waals surface area contributed by atoms with E-state index in [1.165, 1.54) is 183 Å². The number of hydrogen-bond donors (Lipinski definition) is 17. The first-order chi connectivity index (χ1) is 66.0. The molecular weight excluding hydrogens is 1810 g/mol. The van der Waals surface area contributed by atoms with Crippen molar-refractivity contribution in [2.24, 2.45) is 84.6 Å². The van der Waals surface area contributed by atoms with Crippen LogP contribution in [0.25, 0.3) is 0 Å². The van der Waals surface area contributed by atoms with Gasteiger partial charge in [0.1, 0.15) is 45.6 Å². The van der Waals surface area contributed by atoms with Gasteiger partial charge < -0.3 is 150 Å². The van der Waals surface area contributed by atoms with Crippen molar-refractivity contribution in [3.8, 4) is 0 Å². The first kappa shape index (κ1) is 100. The van der Waals surface area contributed by atoms with Crippen molar-refractivity contribution in [1.82, 2.24) is 106 Å². The molecule has 51 heteroatoms. The van der Waals surface area contributed by atoms with Gasteiger partial charge in [-0.3, -0.25) is 81.5 Å². The van der Waals surface area contributed by atoms with Crippen LogP contribution in [0.5, 0.6) is 0 Å². The molecule has 51 nitrogen and oxygen atoms in total. The Kier molecular flexibility index (Phi) is 31.5. The van der Waals surface area contributed by atoms with E-state index >= 15 is 0 Å². The minimum atomic E-state index is -0.744. The normalized spacial score (nSPS) is 11.0. The number of aryl methyl sites for hydroxylation is 12. The summed E-state index contributed by atoms with van der Waals surface area (Å²) in [7, 11) is 22.9. The monoisotopic (exact) mass is 1910 g/mol. The molecule has 12 aromatic heterocycles. The largest absolute Gasteiger partial charge is 0.356 e. The molecule has 0 aliphatic carbocycles. The zero-order chi connectivity index (χ0) is 101. The predicted octanol–water partition coefficient (Wildman–Crippen LogP) is 3.16. The quantitative estimate of drug-likeness (QED) is 0.0245. The highest BCUT2D eigenvalue weighted by Crippen LogP contribution is 2.26. The number of hydrogen-bond acceptors (Lipinski definition) is 22. The highest BCUT2D eigenvalue weighted by Gasteiger charge is 2.28. The first-order valence-corrected chi connectivity index (χ1v) is 43.1. The van der Waals surface area contributed by atoms with Crippen molar-refractivity contribution in [1.29, 1.82) is 0 Å². The second-order valence-corrected chi connectivity index (χ2v) is 32.9. The van der Waals surface area contributed by atoms with Crippen LogP contribution in [0.1, 0.15) is 172 Å². The van der Waals surface area contributed by atoms with E-state index in [0.29, 0.717) is 29.3 Å². The van der Waals surface area contributed by atoms with Crippen LogP contribution < -0.4 is 90.4 Å². The van der Waals surface area contributed by atoms with Gasteiger partial charge in [-0.1, -0.05) is 0 Å². The molecule has 0 unspecified atom stereocenters. The molecule has 139 heavy (non-hydrogen) atoms. The molecule has 0 saturated carbocycles. The fourth-order valence-electron chi connectivity index (χ4n) is 14.5. The van der Waals surface area contributed by atoms with Gasteiger partial charge >= 0.3 is 0 Å². The topological polar surface area (TPSA) is 609 Å². The van der Waals surface area contributed by atoms with Crippen molar-refractivity contribution in [3.05, 3.63) is 192 Å². The van der Waals surface area contributed by atoms with Crippen LogP contribution in [-0.4, -0.2) is 233 Å². The fraction of sp³-hybridized carbons (Fsp3) is 0.307. The molecule has 0 aromatic carbocycles. The van der Waals surface area contributed by atoms with E-state index in [4.69, 9.17) is 0 Å². The third-order valence-corrected chi connectivity index (χ3v) is 21.3. The average Bonchev–Trinajstić information content (AvgIpc) is 1.67. The summed E-state index contributed by atoms with van der Waals surface area (Å²) in [5.41, 5.74) is 3.78. The Morgan fingerprint density at radius 1 is 0.230 bits per heavy atom. The second kappa shape index (κ2) is 43.8. The number of aromatic nitrogens is 16. The molecule has 0 bridgehead atoms. The minimum absolute atomic E-state index is 0.00283. The minimum Gasteiger partial charge on any atom is -0.356 e. The molecule has 0 fully saturated rings. The maximum absolute atomic E-state index is 13.6. The molecule has 0 atom stereocenters. The molecular formula is C88H106N34O17. The van der Waals surface area contributed by atoms with Crippen LogP contribution in [0.2, 0.25) is 0 Å². The van der Waals surface area contributed by atoms with Gasteiger partial charge in [0.15, 0.2) is 23.3 Å². The van der Waals surface area contributed by atoms with Crippen molar-refractivity contribution in [3.63, 3.8) is 0 Å². The zero-order valence-electron chi connectivity index (χ0n) is 78.6. The van der Waals surface area contributed by atoms with E-state index in [-0.39, 0.29) is 185 Å². The van der Waals surface area contributed by atoms with Crippen LogP contribution in [0, 0.1) is 0 Å². The molecule has 0 saturated heterocycles. The summed E-state index contributed by atoms with van der Waals surface area (Å²) in [5.74, 6) is -9.37. The van der Waals surface area contributed by atoms with Crippen LogP contribution in [-0.2, 0) is 109 Å². The number of anilines is 12. The summed E-state index contributed by atoms with van der Waals surface area (Å²) < 4.78 is 17.5. The lowest BCUT2D eigenvalue weighted by Gasteiger charge is -2.10. The lowest BCUT2D eigenvalue weighted by Crippen LogP contribution is -2.32. The van der Waals surface area contributed by atoms with Crippen LogP contribution in [0.4, 0.5) is 68.8 Å². The smallest absolute Gasteiger partial charge is 0.292 e. The molecule has 0 spiro atoms.